The Kier molecular flexibility index (Phi) is 4.95. The van der Waals surface area contributed by atoms with E-state index in [0.29, 0.717) is 5.75 Å². The zero-order chi connectivity index (χ0) is 13.8. The minimum absolute atomic E-state index is 0.209. The smallest absolute Gasteiger partial charge is 0.209 e. The van der Waals surface area contributed by atoms with Crippen molar-refractivity contribution >= 4 is 27.7 Å². The van der Waals surface area contributed by atoms with Crippen LogP contribution >= 0.6 is 27.7 Å². The summed E-state index contributed by atoms with van der Waals surface area (Å²) >= 11 is 4.85. The normalized spacial score (nSPS) is 12.9. The van der Waals surface area contributed by atoms with Gasteiger partial charge in [0.05, 0.1) is 12.1 Å². The number of thioether (sulfide) groups is 1. The summed E-state index contributed by atoms with van der Waals surface area (Å²) in [4.78, 5) is 0. The molecule has 0 aliphatic carbocycles. The third kappa shape index (κ3) is 3.77. The van der Waals surface area contributed by atoms with E-state index >= 15 is 0 Å². The fourth-order valence-electron chi connectivity index (χ4n) is 1.57. The van der Waals surface area contributed by atoms with Crippen molar-refractivity contribution in [3.63, 3.8) is 0 Å². The van der Waals surface area contributed by atoms with E-state index in [1.807, 2.05) is 38.1 Å². The Morgan fingerprint density at radius 2 is 2.21 bits per heavy atom. The minimum Gasteiger partial charge on any atom is -0.388 e. The van der Waals surface area contributed by atoms with Gasteiger partial charge < -0.3 is 5.11 Å². The van der Waals surface area contributed by atoms with Crippen LogP contribution in [0.5, 0.6) is 0 Å². The van der Waals surface area contributed by atoms with Crippen LogP contribution in [0.15, 0.2) is 33.9 Å². The van der Waals surface area contributed by atoms with E-state index in [1.54, 1.807) is 4.68 Å². The molecule has 0 aliphatic heterocycles. The summed E-state index contributed by atoms with van der Waals surface area (Å²) in [6.07, 6.45) is -0.542. The number of halogens is 1. The maximum Gasteiger partial charge on any atom is 0.209 e. The van der Waals surface area contributed by atoms with Crippen LogP contribution in [0.1, 0.15) is 31.6 Å². The summed E-state index contributed by atoms with van der Waals surface area (Å²) in [5.41, 5.74) is 0.880. The van der Waals surface area contributed by atoms with Crippen molar-refractivity contribution in [2.75, 3.05) is 5.75 Å². The molecule has 0 radical (unpaired) electrons. The molecule has 0 saturated heterocycles. The Bertz CT molecular complexity index is 546. The number of tetrazole rings is 1. The largest absolute Gasteiger partial charge is 0.388 e. The number of benzene rings is 1. The highest BCUT2D eigenvalue weighted by Crippen LogP contribution is 2.25. The molecule has 102 valence electrons. The molecule has 1 aromatic heterocycles. The fourth-order valence-corrected chi connectivity index (χ4v) is 2.96. The van der Waals surface area contributed by atoms with Gasteiger partial charge in [0.2, 0.25) is 5.16 Å². The summed E-state index contributed by atoms with van der Waals surface area (Å²) in [6, 6.07) is 7.87. The Morgan fingerprint density at radius 3 is 2.89 bits per heavy atom. The first-order chi connectivity index (χ1) is 9.08. The first-order valence-corrected chi connectivity index (χ1v) is 7.70. The van der Waals surface area contributed by atoms with E-state index in [2.05, 4.69) is 31.5 Å². The van der Waals surface area contributed by atoms with Crippen molar-refractivity contribution in [3.8, 4) is 0 Å². The maximum atomic E-state index is 10.2. The summed E-state index contributed by atoms with van der Waals surface area (Å²) in [5.74, 6) is 0.517. The van der Waals surface area contributed by atoms with Crippen molar-refractivity contribution in [2.45, 2.75) is 31.1 Å². The molecule has 2 rings (SSSR count). The summed E-state index contributed by atoms with van der Waals surface area (Å²) in [6.45, 7) is 4.04. The predicted octanol–water partition coefficient (Wildman–Crippen LogP) is 2.84. The van der Waals surface area contributed by atoms with Crippen LogP contribution in [-0.4, -0.2) is 31.1 Å². The van der Waals surface area contributed by atoms with Crippen molar-refractivity contribution in [2.24, 2.45) is 0 Å². The van der Waals surface area contributed by atoms with Gasteiger partial charge in [-0.15, -0.1) is 5.10 Å². The average Bonchev–Trinajstić information content (AvgIpc) is 2.84. The zero-order valence-electron chi connectivity index (χ0n) is 10.7. The standard InChI is InChI=1S/C12H15BrN4OS/c1-8(2)17-12(14-15-16-17)19-7-11(18)9-4-3-5-10(13)6-9/h3-6,8,11,18H,7H2,1-2H3/t11-/m1/s1. The quantitative estimate of drug-likeness (QED) is 0.846. The molecule has 0 aliphatic rings. The fraction of sp³-hybridized carbons (Fsp3) is 0.417. The summed E-state index contributed by atoms with van der Waals surface area (Å²) in [7, 11) is 0. The van der Waals surface area contributed by atoms with Crippen LogP contribution in [0.4, 0.5) is 0 Å². The molecule has 0 fully saturated rings. The molecule has 1 atom stereocenters. The van der Waals surface area contributed by atoms with Crippen molar-refractivity contribution in [1.29, 1.82) is 0 Å². The molecule has 19 heavy (non-hydrogen) atoms. The topological polar surface area (TPSA) is 63.8 Å². The minimum atomic E-state index is -0.542. The molecule has 0 saturated carbocycles. The number of aliphatic hydroxyl groups excluding tert-OH is 1. The molecule has 0 unspecified atom stereocenters. The van der Waals surface area contributed by atoms with E-state index in [4.69, 9.17) is 0 Å². The second-order valence-corrected chi connectivity index (χ2v) is 6.28. The highest BCUT2D eigenvalue weighted by Gasteiger charge is 2.13. The SMILES string of the molecule is CC(C)n1nnnc1SC[C@@H](O)c1cccc(Br)c1. The first-order valence-electron chi connectivity index (χ1n) is 5.92. The zero-order valence-corrected chi connectivity index (χ0v) is 13.1. The molecule has 5 nitrogen and oxygen atoms in total. The molecule has 0 bridgehead atoms. The lowest BCUT2D eigenvalue weighted by molar-refractivity contribution is 0.204. The van der Waals surface area contributed by atoms with Gasteiger partial charge in [-0.1, -0.05) is 39.8 Å². The Balaban J connectivity index is 2.00. The van der Waals surface area contributed by atoms with Crippen LogP contribution in [-0.2, 0) is 0 Å². The number of nitrogens with zero attached hydrogens (tertiary/aromatic N) is 4. The number of aromatic nitrogens is 4. The lowest BCUT2D eigenvalue weighted by Gasteiger charge is -2.11. The van der Waals surface area contributed by atoms with Crippen molar-refractivity contribution in [3.05, 3.63) is 34.3 Å². The Hall–Kier alpha value is -0.920. The third-order valence-corrected chi connectivity index (χ3v) is 4.06. The Morgan fingerprint density at radius 1 is 1.42 bits per heavy atom. The van der Waals surface area contributed by atoms with Crippen LogP contribution in [0.2, 0.25) is 0 Å². The lowest BCUT2D eigenvalue weighted by atomic mass is 10.1. The number of hydrogen-bond donors (Lipinski definition) is 1. The maximum absolute atomic E-state index is 10.2. The monoisotopic (exact) mass is 342 g/mol. The number of rotatable bonds is 5. The Labute approximate surface area is 124 Å². The van der Waals surface area contributed by atoms with Crippen LogP contribution < -0.4 is 0 Å². The predicted molar refractivity (Wildman–Crippen MR) is 78.0 cm³/mol. The number of aliphatic hydroxyl groups is 1. The second-order valence-electron chi connectivity index (χ2n) is 4.38. The third-order valence-electron chi connectivity index (χ3n) is 2.56. The van der Waals surface area contributed by atoms with Gasteiger partial charge in [0.1, 0.15) is 0 Å². The lowest BCUT2D eigenvalue weighted by Crippen LogP contribution is -2.07. The van der Waals surface area contributed by atoms with E-state index in [-0.39, 0.29) is 6.04 Å². The van der Waals surface area contributed by atoms with E-state index in [9.17, 15) is 5.11 Å². The van der Waals surface area contributed by atoms with Gasteiger partial charge in [-0.3, -0.25) is 0 Å². The molecular weight excluding hydrogens is 328 g/mol. The molecule has 7 heteroatoms. The van der Waals surface area contributed by atoms with Crippen molar-refractivity contribution < 1.29 is 5.11 Å². The highest BCUT2D eigenvalue weighted by molar-refractivity contribution is 9.10. The van der Waals surface area contributed by atoms with E-state index < -0.39 is 6.10 Å². The average molecular weight is 343 g/mol. The molecule has 0 spiro atoms. The van der Waals surface area contributed by atoms with Crippen LogP contribution in [0.3, 0.4) is 0 Å². The van der Waals surface area contributed by atoms with Gasteiger partial charge in [0.15, 0.2) is 0 Å². The first kappa shape index (κ1) is 14.5. The highest BCUT2D eigenvalue weighted by atomic mass is 79.9. The van der Waals surface area contributed by atoms with Gasteiger partial charge in [0.25, 0.3) is 0 Å². The summed E-state index contributed by atoms with van der Waals surface area (Å²) < 4.78 is 2.71. The van der Waals surface area contributed by atoms with Crippen LogP contribution in [0.25, 0.3) is 0 Å². The molecule has 0 amide bonds. The summed E-state index contributed by atoms with van der Waals surface area (Å²) in [5, 5.41) is 22.4. The molecular formula is C12H15BrN4OS. The van der Waals surface area contributed by atoms with Gasteiger partial charge in [-0.05, 0) is 42.0 Å². The molecule has 1 N–H and O–H groups in total. The van der Waals surface area contributed by atoms with Crippen molar-refractivity contribution in [1.82, 2.24) is 20.2 Å². The van der Waals surface area contributed by atoms with Gasteiger partial charge >= 0.3 is 0 Å². The molecule has 1 aromatic carbocycles. The van der Waals surface area contributed by atoms with E-state index in [0.717, 1.165) is 15.2 Å². The number of hydrogen-bond acceptors (Lipinski definition) is 5. The van der Waals surface area contributed by atoms with E-state index in [1.165, 1.54) is 11.8 Å². The van der Waals surface area contributed by atoms with Gasteiger partial charge in [-0.2, -0.15) is 0 Å². The molecule has 1 heterocycles. The van der Waals surface area contributed by atoms with Crippen LogP contribution in [0, 0.1) is 0 Å². The van der Waals surface area contributed by atoms with Gasteiger partial charge in [0, 0.05) is 10.2 Å². The van der Waals surface area contributed by atoms with Gasteiger partial charge in [-0.25, -0.2) is 4.68 Å². The molecule has 2 aromatic rings. The second kappa shape index (κ2) is 6.49.